The molecule has 0 fully saturated rings. The van der Waals surface area contributed by atoms with Crippen molar-refractivity contribution in [2.45, 2.75) is 46.8 Å². The van der Waals surface area contributed by atoms with E-state index < -0.39 is 23.4 Å². The van der Waals surface area contributed by atoms with Crippen LogP contribution in [0.5, 0.6) is 5.75 Å². The lowest BCUT2D eigenvalue weighted by Gasteiger charge is -2.20. The fourth-order valence-corrected chi connectivity index (χ4v) is 2.90. The molecule has 1 aromatic heterocycles. The van der Waals surface area contributed by atoms with Gasteiger partial charge in [-0.2, -0.15) is 0 Å². The van der Waals surface area contributed by atoms with Crippen LogP contribution in [0.25, 0.3) is 0 Å². The topological polar surface area (TPSA) is 103 Å². The molecule has 174 valence electrons. The average molecular weight is 455 g/mol. The van der Waals surface area contributed by atoms with Gasteiger partial charge < -0.3 is 19.3 Å². The van der Waals surface area contributed by atoms with Crippen molar-refractivity contribution >= 4 is 23.4 Å². The van der Waals surface area contributed by atoms with E-state index in [4.69, 9.17) is 14.0 Å². The normalized spacial score (nSPS) is 11.1. The van der Waals surface area contributed by atoms with E-state index in [2.05, 4.69) is 15.8 Å². The minimum atomic E-state index is -0.718. The second-order valence-electron chi connectivity index (χ2n) is 8.39. The largest absolute Gasteiger partial charge is 0.489 e. The van der Waals surface area contributed by atoms with E-state index in [0.29, 0.717) is 17.1 Å². The number of ether oxygens (including phenoxy) is 2. The van der Waals surface area contributed by atoms with E-state index in [9.17, 15) is 14.0 Å². The summed E-state index contributed by atoms with van der Waals surface area (Å²) in [6.45, 7) is 9.10. The zero-order valence-corrected chi connectivity index (χ0v) is 19.1. The number of amides is 2. The van der Waals surface area contributed by atoms with Crippen LogP contribution in [-0.4, -0.2) is 22.8 Å². The molecular weight excluding hydrogens is 429 g/mol. The van der Waals surface area contributed by atoms with Crippen molar-refractivity contribution < 1.29 is 28.0 Å². The first kappa shape index (κ1) is 23.8. The SMILES string of the molecule is Cc1noc(C)c1COc1ccc(C(=O)Nc2cc(F)ccc2NC(=O)OC(C)(C)C)cc1. The molecule has 3 aromatic rings. The molecule has 8 nitrogen and oxygen atoms in total. The molecule has 0 unspecified atom stereocenters. The van der Waals surface area contributed by atoms with Crippen molar-refractivity contribution in [2.24, 2.45) is 0 Å². The van der Waals surface area contributed by atoms with Gasteiger partial charge in [0, 0.05) is 5.56 Å². The Morgan fingerprint density at radius 1 is 1.03 bits per heavy atom. The lowest BCUT2D eigenvalue weighted by atomic mass is 10.2. The van der Waals surface area contributed by atoms with Gasteiger partial charge in [0.05, 0.1) is 22.6 Å². The number of aromatic nitrogens is 1. The highest BCUT2D eigenvalue weighted by Crippen LogP contribution is 2.25. The fourth-order valence-electron chi connectivity index (χ4n) is 2.90. The van der Waals surface area contributed by atoms with Crippen LogP contribution in [0, 0.1) is 19.7 Å². The summed E-state index contributed by atoms with van der Waals surface area (Å²) >= 11 is 0. The zero-order valence-electron chi connectivity index (χ0n) is 19.1. The van der Waals surface area contributed by atoms with Gasteiger partial charge in [-0.05, 0) is 77.1 Å². The number of carbonyl (C=O) groups is 2. The number of nitrogens with zero attached hydrogens (tertiary/aromatic N) is 1. The Morgan fingerprint density at radius 3 is 2.33 bits per heavy atom. The number of halogens is 1. The molecule has 2 amide bonds. The maximum Gasteiger partial charge on any atom is 0.412 e. The molecule has 1 heterocycles. The molecule has 9 heteroatoms. The molecule has 0 aliphatic heterocycles. The highest BCUT2D eigenvalue weighted by Gasteiger charge is 2.18. The van der Waals surface area contributed by atoms with Crippen LogP contribution < -0.4 is 15.4 Å². The first-order chi connectivity index (χ1) is 15.5. The number of hydrogen-bond acceptors (Lipinski definition) is 6. The summed E-state index contributed by atoms with van der Waals surface area (Å²) in [4.78, 5) is 24.8. The highest BCUT2D eigenvalue weighted by molar-refractivity contribution is 6.06. The second-order valence-corrected chi connectivity index (χ2v) is 8.39. The molecule has 0 saturated heterocycles. The predicted molar refractivity (Wildman–Crippen MR) is 121 cm³/mol. The lowest BCUT2D eigenvalue weighted by Crippen LogP contribution is -2.27. The molecule has 0 saturated carbocycles. The molecule has 3 rings (SSSR count). The van der Waals surface area contributed by atoms with E-state index in [1.165, 1.54) is 12.1 Å². The van der Waals surface area contributed by atoms with Gasteiger partial charge in [-0.1, -0.05) is 5.16 Å². The molecule has 2 aromatic carbocycles. The van der Waals surface area contributed by atoms with Gasteiger partial charge in [-0.25, -0.2) is 9.18 Å². The van der Waals surface area contributed by atoms with Crippen LogP contribution in [0.2, 0.25) is 0 Å². The molecule has 33 heavy (non-hydrogen) atoms. The third kappa shape index (κ3) is 6.55. The molecule has 0 radical (unpaired) electrons. The maximum atomic E-state index is 13.8. The summed E-state index contributed by atoms with van der Waals surface area (Å²) < 4.78 is 29.9. The van der Waals surface area contributed by atoms with Crippen LogP contribution in [0.15, 0.2) is 47.0 Å². The zero-order chi connectivity index (χ0) is 24.2. The van der Waals surface area contributed by atoms with Crippen LogP contribution in [-0.2, 0) is 11.3 Å². The first-order valence-electron chi connectivity index (χ1n) is 10.3. The van der Waals surface area contributed by atoms with Crippen LogP contribution in [0.3, 0.4) is 0 Å². The monoisotopic (exact) mass is 455 g/mol. The number of benzene rings is 2. The number of carbonyl (C=O) groups excluding carboxylic acids is 2. The quantitative estimate of drug-likeness (QED) is 0.501. The number of anilines is 2. The summed E-state index contributed by atoms with van der Waals surface area (Å²) in [5, 5.41) is 9.02. The van der Waals surface area contributed by atoms with Crippen molar-refractivity contribution in [1.82, 2.24) is 5.16 Å². The Morgan fingerprint density at radius 2 is 1.73 bits per heavy atom. The number of nitrogens with one attached hydrogen (secondary N) is 2. The number of aryl methyl sites for hydroxylation is 2. The Hall–Kier alpha value is -3.88. The summed E-state index contributed by atoms with van der Waals surface area (Å²) in [7, 11) is 0. The molecule has 0 aliphatic rings. The van der Waals surface area contributed by atoms with E-state index in [1.54, 1.807) is 45.0 Å². The molecule has 0 bridgehead atoms. The van der Waals surface area contributed by atoms with Crippen LogP contribution in [0.4, 0.5) is 20.6 Å². The van der Waals surface area contributed by atoms with E-state index in [1.807, 2.05) is 13.8 Å². The van der Waals surface area contributed by atoms with Gasteiger partial charge in [-0.3, -0.25) is 10.1 Å². The summed E-state index contributed by atoms with van der Waals surface area (Å²) in [6, 6.07) is 10.1. The summed E-state index contributed by atoms with van der Waals surface area (Å²) in [5.41, 5.74) is 1.56. The van der Waals surface area contributed by atoms with Gasteiger partial charge in [0.2, 0.25) is 0 Å². The smallest absolute Gasteiger partial charge is 0.412 e. The molecule has 0 spiro atoms. The Bertz CT molecular complexity index is 1130. The summed E-state index contributed by atoms with van der Waals surface area (Å²) in [5.74, 6) is 0.201. The molecule has 0 atom stereocenters. The standard InChI is InChI=1S/C24H26FN3O5/c1-14-19(15(2)33-28-14)13-31-18-9-6-16(7-10-18)22(29)26-21-12-17(25)8-11-20(21)27-23(30)32-24(3,4)5/h6-12H,13H2,1-5H3,(H,26,29)(H,27,30). The van der Waals surface area contributed by atoms with Crippen molar-refractivity contribution in [1.29, 1.82) is 0 Å². The molecule has 0 aliphatic carbocycles. The van der Waals surface area contributed by atoms with Crippen LogP contribution >= 0.6 is 0 Å². The first-order valence-corrected chi connectivity index (χ1v) is 10.3. The Balaban J connectivity index is 1.67. The Labute approximate surface area is 191 Å². The number of rotatable bonds is 6. The average Bonchev–Trinajstić information content (AvgIpc) is 3.05. The van der Waals surface area contributed by atoms with Gasteiger partial charge in [0.15, 0.2) is 0 Å². The maximum absolute atomic E-state index is 13.8. The Kier molecular flexibility index (Phi) is 7.01. The van der Waals surface area contributed by atoms with Gasteiger partial charge >= 0.3 is 6.09 Å². The van der Waals surface area contributed by atoms with E-state index in [0.717, 1.165) is 17.3 Å². The number of hydrogen-bond donors (Lipinski definition) is 2. The lowest BCUT2D eigenvalue weighted by molar-refractivity contribution is 0.0635. The van der Waals surface area contributed by atoms with Gasteiger partial charge in [-0.15, -0.1) is 0 Å². The predicted octanol–water partition coefficient (Wildman–Crippen LogP) is 5.61. The minimum Gasteiger partial charge on any atom is -0.489 e. The van der Waals surface area contributed by atoms with Gasteiger partial charge in [0.1, 0.15) is 29.5 Å². The summed E-state index contributed by atoms with van der Waals surface area (Å²) in [6.07, 6.45) is -0.718. The van der Waals surface area contributed by atoms with Crippen molar-refractivity contribution in [2.75, 3.05) is 10.6 Å². The van der Waals surface area contributed by atoms with Crippen LogP contribution in [0.1, 0.15) is 48.1 Å². The molecular formula is C24H26FN3O5. The minimum absolute atomic E-state index is 0.101. The van der Waals surface area contributed by atoms with Crippen molar-refractivity contribution in [3.8, 4) is 5.75 Å². The third-order valence-electron chi connectivity index (χ3n) is 4.55. The highest BCUT2D eigenvalue weighted by atomic mass is 19.1. The third-order valence-corrected chi connectivity index (χ3v) is 4.55. The van der Waals surface area contributed by atoms with Crippen molar-refractivity contribution in [3.05, 3.63) is 70.9 Å². The van der Waals surface area contributed by atoms with E-state index >= 15 is 0 Å². The molecule has 2 N–H and O–H groups in total. The fraction of sp³-hybridized carbons (Fsp3) is 0.292. The van der Waals surface area contributed by atoms with Gasteiger partial charge in [0.25, 0.3) is 5.91 Å². The second kappa shape index (κ2) is 9.72. The van der Waals surface area contributed by atoms with Crippen molar-refractivity contribution in [3.63, 3.8) is 0 Å². The van der Waals surface area contributed by atoms with E-state index in [-0.39, 0.29) is 18.0 Å².